The van der Waals surface area contributed by atoms with Gasteiger partial charge in [0, 0.05) is 15.4 Å². The van der Waals surface area contributed by atoms with Crippen LogP contribution >= 0.6 is 15.9 Å². The highest BCUT2D eigenvalue weighted by Gasteiger charge is 1.92. The molecule has 1 radical (unpaired) electrons. The van der Waals surface area contributed by atoms with Crippen LogP contribution in [0.4, 0.5) is 0 Å². The predicted molar refractivity (Wildman–Crippen MR) is 44.8 cm³/mol. The number of hydrogen-bond donors (Lipinski definition) is 1. The van der Waals surface area contributed by atoms with Crippen LogP contribution < -0.4 is 0 Å². The number of fused-ring (bicyclic) bond motifs is 1. The molecule has 2 rings (SSSR count). The van der Waals surface area contributed by atoms with Crippen LogP contribution in [0.5, 0.6) is 0 Å². The molecule has 2 aromatic rings. The van der Waals surface area contributed by atoms with Crippen LogP contribution in [0.15, 0.2) is 28.7 Å². The summed E-state index contributed by atoms with van der Waals surface area (Å²) in [6.07, 6.45) is 2.92. The SMILES string of the molecule is Brc1ccc2[nH][c]cc2c1. The first-order valence-electron chi connectivity index (χ1n) is 3.00. The van der Waals surface area contributed by atoms with E-state index in [0.29, 0.717) is 0 Å². The molecule has 1 N–H and O–H groups in total. The molecule has 1 aromatic heterocycles. The minimum atomic E-state index is 1.10. The second-order valence-electron chi connectivity index (χ2n) is 2.15. The Bertz CT molecular complexity index is 351. The molecular weight excluding hydrogens is 190 g/mol. The summed E-state index contributed by atoms with van der Waals surface area (Å²) in [5.41, 5.74) is 1.13. The average molecular weight is 195 g/mol. The average Bonchev–Trinajstić information content (AvgIpc) is 2.33. The molecule has 0 fully saturated rings. The Morgan fingerprint density at radius 3 is 3.20 bits per heavy atom. The van der Waals surface area contributed by atoms with Crippen molar-refractivity contribution in [2.24, 2.45) is 0 Å². The van der Waals surface area contributed by atoms with Gasteiger partial charge in [0.15, 0.2) is 0 Å². The lowest BCUT2D eigenvalue weighted by molar-refractivity contribution is 1.46. The number of rotatable bonds is 0. The van der Waals surface area contributed by atoms with E-state index in [1.807, 2.05) is 18.2 Å². The molecule has 0 aliphatic heterocycles. The fraction of sp³-hybridized carbons (Fsp3) is 0. The quantitative estimate of drug-likeness (QED) is 0.665. The molecule has 0 spiro atoms. The molecular formula is C8H5BrN. The van der Waals surface area contributed by atoms with Crippen LogP contribution in [-0.2, 0) is 0 Å². The Hall–Kier alpha value is -0.760. The molecule has 1 aromatic carbocycles. The Morgan fingerprint density at radius 1 is 1.40 bits per heavy atom. The lowest BCUT2D eigenvalue weighted by atomic mass is 10.3. The van der Waals surface area contributed by atoms with Crippen LogP contribution in [-0.4, -0.2) is 4.98 Å². The third-order valence-corrected chi connectivity index (χ3v) is 1.94. The summed E-state index contributed by atoms with van der Waals surface area (Å²) < 4.78 is 1.10. The lowest BCUT2D eigenvalue weighted by Gasteiger charge is -1.88. The third kappa shape index (κ3) is 0.847. The molecule has 0 amide bonds. The van der Waals surface area contributed by atoms with Crippen molar-refractivity contribution in [1.82, 2.24) is 4.98 Å². The van der Waals surface area contributed by atoms with E-state index < -0.39 is 0 Å². The second kappa shape index (κ2) is 2.13. The molecule has 49 valence electrons. The van der Waals surface area contributed by atoms with Gasteiger partial charge < -0.3 is 4.98 Å². The monoisotopic (exact) mass is 194 g/mol. The zero-order valence-corrected chi connectivity index (χ0v) is 6.77. The fourth-order valence-electron chi connectivity index (χ4n) is 0.958. The van der Waals surface area contributed by atoms with Gasteiger partial charge in [-0.05, 0) is 24.3 Å². The van der Waals surface area contributed by atoms with Gasteiger partial charge in [-0.1, -0.05) is 15.9 Å². The summed E-state index contributed by atoms with van der Waals surface area (Å²) in [5, 5.41) is 1.19. The van der Waals surface area contributed by atoms with E-state index in [1.165, 1.54) is 5.39 Å². The van der Waals surface area contributed by atoms with Crippen molar-refractivity contribution in [2.75, 3.05) is 0 Å². The Balaban J connectivity index is 2.86. The highest BCUT2D eigenvalue weighted by molar-refractivity contribution is 9.10. The summed E-state index contributed by atoms with van der Waals surface area (Å²) in [6.45, 7) is 0. The van der Waals surface area contributed by atoms with Crippen molar-refractivity contribution in [1.29, 1.82) is 0 Å². The van der Waals surface area contributed by atoms with Crippen molar-refractivity contribution in [3.05, 3.63) is 34.9 Å². The Morgan fingerprint density at radius 2 is 2.30 bits per heavy atom. The van der Waals surface area contributed by atoms with E-state index in [-0.39, 0.29) is 0 Å². The molecule has 10 heavy (non-hydrogen) atoms. The number of H-pyrrole nitrogens is 1. The van der Waals surface area contributed by atoms with E-state index in [2.05, 4.69) is 33.2 Å². The van der Waals surface area contributed by atoms with Gasteiger partial charge in [-0.15, -0.1) is 0 Å². The van der Waals surface area contributed by atoms with Gasteiger partial charge in [-0.3, -0.25) is 0 Å². The number of aromatic amines is 1. The maximum atomic E-state index is 3.39. The molecule has 0 unspecified atom stereocenters. The molecule has 0 aliphatic carbocycles. The maximum Gasteiger partial charge on any atom is 0.0630 e. The fourth-order valence-corrected chi connectivity index (χ4v) is 1.34. The summed E-state index contributed by atoms with van der Waals surface area (Å²) in [6, 6.07) is 8.02. The number of nitrogens with one attached hydrogen (secondary N) is 1. The summed E-state index contributed by atoms with van der Waals surface area (Å²) in [5.74, 6) is 0. The lowest BCUT2D eigenvalue weighted by Crippen LogP contribution is -1.65. The van der Waals surface area contributed by atoms with E-state index in [0.717, 1.165) is 9.99 Å². The number of aromatic nitrogens is 1. The van der Waals surface area contributed by atoms with Gasteiger partial charge in [0.25, 0.3) is 0 Å². The molecule has 0 aliphatic rings. The van der Waals surface area contributed by atoms with Crippen molar-refractivity contribution >= 4 is 26.8 Å². The molecule has 0 bridgehead atoms. The van der Waals surface area contributed by atoms with Crippen LogP contribution in [0.3, 0.4) is 0 Å². The van der Waals surface area contributed by atoms with E-state index in [1.54, 1.807) is 0 Å². The van der Waals surface area contributed by atoms with Crippen LogP contribution in [0.25, 0.3) is 10.9 Å². The normalized spacial score (nSPS) is 10.5. The van der Waals surface area contributed by atoms with Crippen molar-refractivity contribution < 1.29 is 0 Å². The standard InChI is InChI=1S/C8H5BrN/c9-7-1-2-8-6(5-7)3-4-10-8/h1-3,5,10H. The molecule has 1 heterocycles. The summed E-state index contributed by atoms with van der Waals surface area (Å²) in [7, 11) is 0. The van der Waals surface area contributed by atoms with Gasteiger partial charge in [0.05, 0.1) is 6.20 Å². The number of halogens is 1. The number of hydrogen-bond acceptors (Lipinski definition) is 0. The van der Waals surface area contributed by atoms with Gasteiger partial charge in [0.2, 0.25) is 0 Å². The molecule has 2 heteroatoms. The van der Waals surface area contributed by atoms with Crippen LogP contribution in [0.2, 0.25) is 0 Å². The molecule has 1 nitrogen and oxygen atoms in total. The first-order valence-corrected chi connectivity index (χ1v) is 3.80. The van der Waals surface area contributed by atoms with Gasteiger partial charge in [-0.25, -0.2) is 0 Å². The Labute approximate surface area is 67.2 Å². The first kappa shape index (κ1) is 5.98. The van der Waals surface area contributed by atoms with Crippen molar-refractivity contribution in [2.45, 2.75) is 0 Å². The molecule has 0 saturated carbocycles. The highest BCUT2D eigenvalue weighted by Crippen LogP contribution is 2.17. The summed E-state index contributed by atoms with van der Waals surface area (Å²) >= 11 is 3.39. The summed E-state index contributed by atoms with van der Waals surface area (Å²) in [4.78, 5) is 3.00. The highest BCUT2D eigenvalue weighted by atomic mass is 79.9. The molecule has 0 atom stereocenters. The first-order chi connectivity index (χ1) is 4.86. The number of benzene rings is 1. The maximum absolute atomic E-state index is 3.39. The topological polar surface area (TPSA) is 15.8 Å². The van der Waals surface area contributed by atoms with Crippen LogP contribution in [0, 0.1) is 6.20 Å². The molecule has 0 saturated heterocycles. The van der Waals surface area contributed by atoms with E-state index >= 15 is 0 Å². The van der Waals surface area contributed by atoms with E-state index in [9.17, 15) is 0 Å². The predicted octanol–water partition coefficient (Wildman–Crippen LogP) is 2.73. The van der Waals surface area contributed by atoms with Crippen molar-refractivity contribution in [3.63, 3.8) is 0 Å². The largest absolute Gasteiger partial charge is 0.353 e. The van der Waals surface area contributed by atoms with Gasteiger partial charge in [0.1, 0.15) is 0 Å². The smallest absolute Gasteiger partial charge is 0.0630 e. The Kier molecular flexibility index (Phi) is 1.27. The van der Waals surface area contributed by atoms with Crippen LogP contribution in [0.1, 0.15) is 0 Å². The van der Waals surface area contributed by atoms with Gasteiger partial charge >= 0.3 is 0 Å². The van der Waals surface area contributed by atoms with E-state index in [4.69, 9.17) is 0 Å². The zero-order chi connectivity index (χ0) is 6.97. The third-order valence-electron chi connectivity index (χ3n) is 1.45. The zero-order valence-electron chi connectivity index (χ0n) is 5.19. The second-order valence-corrected chi connectivity index (χ2v) is 3.06. The van der Waals surface area contributed by atoms with Crippen molar-refractivity contribution in [3.8, 4) is 0 Å². The minimum Gasteiger partial charge on any atom is -0.353 e. The minimum absolute atomic E-state index is 1.10. The van der Waals surface area contributed by atoms with Gasteiger partial charge in [-0.2, -0.15) is 0 Å².